The Balaban J connectivity index is 1.54. The topological polar surface area (TPSA) is 142 Å². The van der Waals surface area contributed by atoms with Crippen molar-refractivity contribution in [2.24, 2.45) is 0 Å². The second-order valence-electron chi connectivity index (χ2n) is 7.08. The Bertz CT molecular complexity index is 886. The molecule has 0 fully saturated rings. The lowest BCUT2D eigenvalue weighted by Gasteiger charge is -2.16. The molecule has 1 aliphatic rings. The first-order valence-electron chi connectivity index (χ1n) is 9.78. The highest BCUT2D eigenvalue weighted by Gasteiger charge is 2.37. The van der Waals surface area contributed by atoms with Crippen LogP contribution in [0.5, 0.6) is 5.75 Å². The van der Waals surface area contributed by atoms with Gasteiger partial charge in [0.05, 0.1) is 19.9 Å². The highest BCUT2D eigenvalue weighted by Crippen LogP contribution is 2.38. The molecule has 1 atom stereocenters. The molecule has 11 nitrogen and oxygen atoms in total. The van der Waals surface area contributed by atoms with Gasteiger partial charge in [-0.25, -0.2) is 5.48 Å². The largest absolute Gasteiger partial charge is 0.497 e. The Morgan fingerprint density at radius 2 is 2.03 bits per heavy atom. The van der Waals surface area contributed by atoms with Crippen molar-refractivity contribution in [2.45, 2.75) is 51.2 Å². The Labute approximate surface area is 173 Å². The lowest BCUT2D eigenvalue weighted by atomic mass is 10.1. The van der Waals surface area contributed by atoms with Gasteiger partial charge in [-0.2, -0.15) is 5.48 Å². The molecule has 3 rings (SSSR count). The summed E-state index contributed by atoms with van der Waals surface area (Å²) in [4.78, 5) is 25.2. The molecule has 0 saturated carbocycles. The van der Waals surface area contributed by atoms with Crippen LogP contribution in [0.25, 0.3) is 0 Å². The van der Waals surface area contributed by atoms with Gasteiger partial charge in [0.1, 0.15) is 17.5 Å². The predicted molar refractivity (Wildman–Crippen MR) is 105 cm³/mol. The second kappa shape index (κ2) is 10.1. The maximum absolute atomic E-state index is 12.7. The van der Waals surface area contributed by atoms with Crippen molar-refractivity contribution < 1.29 is 24.7 Å². The Hall–Kier alpha value is -3.02. The van der Waals surface area contributed by atoms with Crippen LogP contribution in [-0.4, -0.2) is 44.3 Å². The number of rotatable bonds is 11. The van der Waals surface area contributed by atoms with Gasteiger partial charge in [0.2, 0.25) is 5.91 Å². The van der Waals surface area contributed by atoms with Gasteiger partial charge in [-0.1, -0.05) is 18.1 Å². The SMILES string of the molecule is COc1ccc2c(c1)C(NO)C(=O)N2Cc1cn(CCCCCCC(=O)NO)nn1. The number of hydrogen-bond donors (Lipinski definition) is 4. The van der Waals surface area contributed by atoms with E-state index in [4.69, 9.17) is 9.94 Å². The molecule has 11 heteroatoms. The fourth-order valence-electron chi connectivity index (χ4n) is 3.48. The Kier molecular flexibility index (Phi) is 7.33. The lowest BCUT2D eigenvalue weighted by Crippen LogP contribution is -2.33. The number of nitrogens with one attached hydrogen (secondary N) is 2. The van der Waals surface area contributed by atoms with Crippen molar-refractivity contribution in [3.05, 3.63) is 35.7 Å². The number of fused-ring (bicyclic) bond motifs is 1. The van der Waals surface area contributed by atoms with Crippen LogP contribution in [0.1, 0.15) is 49.4 Å². The number of ether oxygens (including phenoxy) is 1. The molecular formula is C19H26N6O5. The van der Waals surface area contributed by atoms with E-state index in [1.54, 1.807) is 46.6 Å². The van der Waals surface area contributed by atoms with Crippen molar-refractivity contribution in [1.29, 1.82) is 0 Å². The van der Waals surface area contributed by atoms with Crippen LogP contribution in [-0.2, 0) is 22.7 Å². The molecule has 1 aromatic heterocycles. The highest BCUT2D eigenvalue weighted by atomic mass is 16.5. The monoisotopic (exact) mass is 418 g/mol. The van der Waals surface area contributed by atoms with Gasteiger partial charge in [0.25, 0.3) is 5.91 Å². The Morgan fingerprint density at radius 1 is 1.23 bits per heavy atom. The zero-order chi connectivity index (χ0) is 21.5. The van der Waals surface area contributed by atoms with Crippen LogP contribution in [0.15, 0.2) is 24.4 Å². The van der Waals surface area contributed by atoms with Crippen molar-refractivity contribution >= 4 is 17.5 Å². The summed E-state index contributed by atoms with van der Waals surface area (Å²) in [5.74, 6) is -0.0418. The standard InChI is InChI=1S/C19H26N6O5/c1-30-14-7-8-16-15(10-14)18(22-29)19(27)25(16)12-13-11-24(23-20-13)9-5-3-2-4-6-17(26)21-28/h7-8,10-11,18,22,28-29H,2-6,9,12H2,1H3,(H,21,26). The van der Waals surface area contributed by atoms with E-state index in [2.05, 4.69) is 15.8 Å². The fourth-order valence-corrected chi connectivity index (χ4v) is 3.48. The highest BCUT2D eigenvalue weighted by molar-refractivity contribution is 6.04. The third-order valence-electron chi connectivity index (χ3n) is 5.05. The summed E-state index contributed by atoms with van der Waals surface area (Å²) in [6.45, 7) is 0.925. The fraction of sp³-hybridized carbons (Fsp3) is 0.474. The van der Waals surface area contributed by atoms with Crippen LogP contribution in [0.4, 0.5) is 5.69 Å². The maximum atomic E-state index is 12.7. The molecule has 0 saturated heterocycles. The predicted octanol–water partition coefficient (Wildman–Crippen LogP) is 1.31. The van der Waals surface area contributed by atoms with Crippen molar-refractivity contribution in [2.75, 3.05) is 12.0 Å². The van der Waals surface area contributed by atoms with Crippen LogP contribution in [0, 0.1) is 0 Å². The molecule has 162 valence electrons. The van der Waals surface area contributed by atoms with E-state index in [0.717, 1.165) is 25.7 Å². The van der Waals surface area contributed by atoms with Crippen LogP contribution in [0.3, 0.4) is 0 Å². The molecule has 1 aliphatic heterocycles. The number of benzene rings is 1. The first-order chi connectivity index (χ1) is 14.6. The zero-order valence-electron chi connectivity index (χ0n) is 16.7. The number of methoxy groups -OCH3 is 1. The molecule has 2 amide bonds. The maximum Gasteiger partial charge on any atom is 0.251 e. The molecule has 1 aromatic carbocycles. The smallest absolute Gasteiger partial charge is 0.251 e. The Morgan fingerprint density at radius 3 is 2.77 bits per heavy atom. The van der Waals surface area contributed by atoms with Gasteiger partial charge in [0.15, 0.2) is 0 Å². The van der Waals surface area contributed by atoms with Gasteiger partial charge in [-0.15, -0.1) is 5.10 Å². The molecule has 1 unspecified atom stereocenters. The number of carbonyl (C=O) groups excluding carboxylic acids is 2. The minimum atomic E-state index is -0.849. The first-order valence-corrected chi connectivity index (χ1v) is 9.78. The third kappa shape index (κ3) is 4.93. The van der Waals surface area contributed by atoms with E-state index in [9.17, 15) is 14.8 Å². The zero-order valence-corrected chi connectivity index (χ0v) is 16.7. The van der Waals surface area contributed by atoms with E-state index >= 15 is 0 Å². The normalized spacial score (nSPS) is 15.4. The summed E-state index contributed by atoms with van der Waals surface area (Å²) in [6.07, 6.45) is 5.52. The summed E-state index contributed by atoms with van der Waals surface area (Å²) in [5, 5.41) is 26.1. The molecule has 4 N–H and O–H groups in total. The molecule has 30 heavy (non-hydrogen) atoms. The van der Waals surface area contributed by atoms with E-state index in [1.807, 2.05) is 0 Å². The average Bonchev–Trinajstić information content (AvgIpc) is 3.32. The third-order valence-corrected chi connectivity index (χ3v) is 5.05. The van der Waals surface area contributed by atoms with Crippen molar-refractivity contribution in [3.8, 4) is 5.75 Å². The summed E-state index contributed by atoms with van der Waals surface area (Å²) in [5.41, 5.74) is 5.67. The van der Waals surface area contributed by atoms with Gasteiger partial charge < -0.3 is 14.8 Å². The number of hydroxylamine groups is 2. The summed E-state index contributed by atoms with van der Waals surface area (Å²) in [7, 11) is 1.54. The molecular weight excluding hydrogens is 392 g/mol. The quantitative estimate of drug-likeness (QED) is 0.243. The van der Waals surface area contributed by atoms with Crippen molar-refractivity contribution in [1.82, 2.24) is 26.0 Å². The number of amides is 2. The minimum absolute atomic E-state index is 0.243. The average molecular weight is 418 g/mol. The van der Waals surface area contributed by atoms with Crippen LogP contribution >= 0.6 is 0 Å². The van der Waals surface area contributed by atoms with Gasteiger partial charge in [0, 0.05) is 24.2 Å². The van der Waals surface area contributed by atoms with Crippen LogP contribution in [0.2, 0.25) is 0 Å². The summed E-state index contributed by atoms with van der Waals surface area (Å²) >= 11 is 0. The van der Waals surface area contributed by atoms with E-state index in [1.165, 1.54) is 0 Å². The number of nitrogens with zero attached hydrogens (tertiary/aromatic N) is 4. The number of carbonyl (C=O) groups is 2. The number of unbranched alkanes of at least 4 members (excludes halogenated alkanes) is 3. The van der Waals surface area contributed by atoms with E-state index < -0.39 is 6.04 Å². The lowest BCUT2D eigenvalue weighted by molar-refractivity contribution is -0.129. The molecule has 0 radical (unpaired) electrons. The molecule has 2 aromatic rings. The number of anilines is 1. The van der Waals surface area contributed by atoms with Gasteiger partial charge >= 0.3 is 0 Å². The second-order valence-corrected chi connectivity index (χ2v) is 7.08. The number of aromatic nitrogens is 3. The molecule has 2 heterocycles. The van der Waals surface area contributed by atoms with Gasteiger partial charge in [-0.05, 0) is 31.0 Å². The first kappa shape index (κ1) is 21.7. The van der Waals surface area contributed by atoms with E-state index in [-0.39, 0.29) is 18.4 Å². The molecule has 0 aliphatic carbocycles. The number of hydrogen-bond acceptors (Lipinski definition) is 8. The van der Waals surface area contributed by atoms with Gasteiger partial charge in [-0.3, -0.25) is 19.5 Å². The number of aryl methyl sites for hydroxylation is 1. The minimum Gasteiger partial charge on any atom is -0.497 e. The van der Waals surface area contributed by atoms with Crippen LogP contribution < -0.4 is 20.6 Å². The van der Waals surface area contributed by atoms with Crippen molar-refractivity contribution in [3.63, 3.8) is 0 Å². The van der Waals surface area contributed by atoms with E-state index in [0.29, 0.717) is 35.7 Å². The molecule has 0 bridgehead atoms. The summed E-state index contributed by atoms with van der Waals surface area (Å²) < 4.78 is 6.94. The summed E-state index contributed by atoms with van der Waals surface area (Å²) in [6, 6.07) is 4.42. The molecule has 0 spiro atoms.